The zero-order valence-corrected chi connectivity index (χ0v) is 30.1. The van der Waals surface area contributed by atoms with Crippen LogP contribution in [0.1, 0.15) is 0 Å². The number of furan rings is 2. The SMILES string of the molecule is c1ccc(-c2nc(-c3ccccc3)nc(-c3cccc(-c4ccc5c(c4)oc4cc(-c6ccccc6-c6cccc7oc8ccccc8c67)ccc45)c3)n2)cc1. The molecule has 0 amide bonds. The third kappa shape index (κ3) is 5.45. The van der Waals surface area contributed by atoms with Crippen LogP contribution in [0.3, 0.4) is 0 Å². The maximum absolute atomic E-state index is 6.63. The van der Waals surface area contributed by atoms with Crippen LogP contribution >= 0.6 is 0 Å². The quantitative estimate of drug-likeness (QED) is 0.171. The van der Waals surface area contributed by atoms with Gasteiger partial charge in [-0.1, -0.05) is 146 Å². The van der Waals surface area contributed by atoms with Crippen LogP contribution in [0, 0.1) is 0 Å². The summed E-state index contributed by atoms with van der Waals surface area (Å²) in [5.41, 5.74) is 12.8. The molecular formula is C51H31N3O2. The fourth-order valence-corrected chi connectivity index (χ4v) is 7.87. The number of hydrogen-bond acceptors (Lipinski definition) is 5. The van der Waals surface area contributed by atoms with Crippen molar-refractivity contribution >= 4 is 43.9 Å². The molecule has 0 radical (unpaired) electrons. The van der Waals surface area contributed by atoms with E-state index >= 15 is 0 Å². The van der Waals surface area contributed by atoms with Crippen molar-refractivity contribution in [2.75, 3.05) is 0 Å². The van der Waals surface area contributed by atoms with Crippen molar-refractivity contribution in [2.24, 2.45) is 0 Å². The Morgan fingerprint density at radius 1 is 0.268 bits per heavy atom. The van der Waals surface area contributed by atoms with E-state index in [0.29, 0.717) is 17.5 Å². The van der Waals surface area contributed by atoms with Crippen molar-refractivity contribution in [3.05, 3.63) is 188 Å². The van der Waals surface area contributed by atoms with Gasteiger partial charge in [0.05, 0.1) is 0 Å². The molecule has 3 heterocycles. The summed E-state index contributed by atoms with van der Waals surface area (Å²) in [6.07, 6.45) is 0. The summed E-state index contributed by atoms with van der Waals surface area (Å²) < 4.78 is 12.9. The van der Waals surface area contributed by atoms with Gasteiger partial charge in [-0.3, -0.25) is 0 Å². The molecule has 11 aromatic rings. The van der Waals surface area contributed by atoms with E-state index in [1.54, 1.807) is 0 Å². The highest BCUT2D eigenvalue weighted by Gasteiger charge is 2.18. The molecule has 56 heavy (non-hydrogen) atoms. The number of para-hydroxylation sites is 1. The van der Waals surface area contributed by atoms with Crippen molar-refractivity contribution in [3.63, 3.8) is 0 Å². The summed E-state index contributed by atoms with van der Waals surface area (Å²) >= 11 is 0. The lowest BCUT2D eigenvalue weighted by molar-refractivity contribution is 0.668. The Morgan fingerprint density at radius 2 is 0.750 bits per heavy atom. The Morgan fingerprint density at radius 3 is 1.48 bits per heavy atom. The maximum Gasteiger partial charge on any atom is 0.164 e. The number of nitrogens with zero attached hydrogens (tertiary/aromatic N) is 3. The first kappa shape index (κ1) is 31.9. The Balaban J connectivity index is 0.977. The molecule has 0 atom stereocenters. The van der Waals surface area contributed by atoms with Crippen molar-refractivity contribution in [1.29, 1.82) is 0 Å². The van der Waals surface area contributed by atoms with E-state index in [1.165, 1.54) is 0 Å². The van der Waals surface area contributed by atoms with Gasteiger partial charge in [-0.25, -0.2) is 15.0 Å². The van der Waals surface area contributed by atoms with E-state index in [2.05, 4.69) is 109 Å². The summed E-state index contributed by atoms with van der Waals surface area (Å²) in [5, 5.41) is 4.40. The normalized spacial score (nSPS) is 11.6. The standard InChI is InChI=1S/C51H31N3O2/c1-3-13-32(14-4-1)49-52-50(33-15-5-2-6-16-33)54-51(53-49)37-18-11-17-34(29-37)35-25-27-40-41-28-26-36(31-47(41)56-46(40)30-35)38-19-7-8-20-39(38)42-22-12-24-45-48(42)43-21-9-10-23-44(43)55-45/h1-31H. The highest BCUT2D eigenvalue weighted by Crippen LogP contribution is 2.42. The summed E-state index contributed by atoms with van der Waals surface area (Å²) in [5.74, 6) is 1.89. The molecule has 0 aliphatic rings. The third-order valence-electron chi connectivity index (χ3n) is 10.6. The number of aromatic nitrogens is 3. The van der Waals surface area contributed by atoms with Crippen LogP contribution in [0.15, 0.2) is 197 Å². The molecule has 5 nitrogen and oxygen atoms in total. The summed E-state index contributed by atoms with van der Waals surface area (Å²) in [6.45, 7) is 0. The van der Waals surface area contributed by atoms with Gasteiger partial charge in [0.25, 0.3) is 0 Å². The monoisotopic (exact) mass is 717 g/mol. The van der Waals surface area contributed by atoms with E-state index < -0.39 is 0 Å². The zero-order valence-electron chi connectivity index (χ0n) is 30.1. The Bertz CT molecular complexity index is 3200. The second-order valence-electron chi connectivity index (χ2n) is 14.0. The first-order valence-corrected chi connectivity index (χ1v) is 18.7. The van der Waals surface area contributed by atoms with Gasteiger partial charge in [0.2, 0.25) is 0 Å². The van der Waals surface area contributed by atoms with Crippen LogP contribution in [-0.4, -0.2) is 15.0 Å². The van der Waals surface area contributed by atoms with Crippen LogP contribution < -0.4 is 0 Å². The first-order valence-electron chi connectivity index (χ1n) is 18.7. The highest BCUT2D eigenvalue weighted by molar-refractivity contribution is 6.14. The van der Waals surface area contributed by atoms with E-state index in [1.807, 2.05) is 78.9 Å². The molecule has 262 valence electrons. The van der Waals surface area contributed by atoms with E-state index in [-0.39, 0.29) is 0 Å². The number of fused-ring (bicyclic) bond motifs is 6. The Labute approximate surface area is 322 Å². The largest absolute Gasteiger partial charge is 0.456 e. The number of rotatable bonds is 6. The Hall–Kier alpha value is -7.63. The van der Waals surface area contributed by atoms with Crippen LogP contribution in [0.2, 0.25) is 0 Å². The van der Waals surface area contributed by atoms with Gasteiger partial charge >= 0.3 is 0 Å². The predicted molar refractivity (Wildman–Crippen MR) is 227 cm³/mol. The maximum atomic E-state index is 6.63. The van der Waals surface area contributed by atoms with Gasteiger partial charge < -0.3 is 8.83 Å². The smallest absolute Gasteiger partial charge is 0.164 e. The zero-order chi connectivity index (χ0) is 37.0. The number of benzene rings is 8. The van der Waals surface area contributed by atoms with Crippen LogP contribution in [-0.2, 0) is 0 Å². The lowest BCUT2D eigenvalue weighted by atomic mass is 9.91. The molecule has 0 aliphatic heterocycles. The van der Waals surface area contributed by atoms with E-state index in [9.17, 15) is 0 Å². The molecule has 0 spiro atoms. The van der Waals surface area contributed by atoms with E-state index in [4.69, 9.17) is 23.8 Å². The molecule has 11 rings (SSSR count). The minimum atomic E-state index is 0.620. The van der Waals surface area contributed by atoms with Gasteiger partial charge in [-0.05, 0) is 75.8 Å². The lowest BCUT2D eigenvalue weighted by Gasteiger charge is -2.11. The molecule has 0 fully saturated rings. The fraction of sp³-hybridized carbons (Fsp3) is 0. The van der Waals surface area contributed by atoms with Crippen molar-refractivity contribution in [2.45, 2.75) is 0 Å². The summed E-state index contributed by atoms with van der Waals surface area (Å²) in [6, 6.07) is 64.6. The molecule has 0 saturated carbocycles. The van der Waals surface area contributed by atoms with Gasteiger partial charge in [0.1, 0.15) is 22.3 Å². The van der Waals surface area contributed by atoms with Gasteiger partial charge in [-0.15, -0.1) is 0 Å². The van der Waals surface area contributed by atoms with Gasteiger partial charge in [0, 0.05) is 38.2 Å². The van der Waals surface area contributed by atoms with Crippen LogP contribution in [0.4, 0.5) is 0 Å². The van der Waals surface area contributed by atoms with Crippen molar-refractivity contribution in [1.82, 2.24) is 15.0 Å². The minimum Gasteiger partial charge on any atom is -0.456 e. The molecule has 3 aromatic heterocycles. The molecule has 5 heteroatoms. The van der Waals surface area contributed by atoms with E-state index in [0.717, 1.165) is 93.9 Å². The Kier molecular flexibility index (Phi) is 7.42. The van der Waals surface area contributed by atoms with Crippen molar-refractivity contribution in [3.8, 4) is 67.5 Å². The fourth-order valence-electron chi connectivity index (χ4n) is 7.87. The first-order chi connectivity index (χ1) is 27.7. The van der Waals surface area contributed by atoms with Gasteiger partial charge in [-0.2, -0.15) is 0 Å². The topological polar surface area (TPSA) is 65.0 Å². The molecule has 0 aliphatic carbocycles. The molecular weight excluding hydrogens is 687 g/mol. The van der Waals surface area contributed by atoms with Gasteiger partial charge in [0.15, 0.2) is 17.5 Å². The van der Waals surface area contributed by atoms with Crippen LogP contribution in [0.5, 0.6) is 0 Å². The summed E-state index contributed by atoms with van der Waals surface area (Å²) in [7, 11) is 0. The second-order valence-corrected chi connectivity index (χ2v) is 14.0. The lowest BCUT2D eigenvalue weighted by Crippen LogP contribution is -2.00. The molecule has 0 unspecified atom stereocenters. The molecule has 0 saturated heterocycles. The van der Waals surface area contributed by atoms with Crippen LogP contribution in [0.25, 0.3) is 111 Å². The number of hydrogen-bond donors (Lipinski definition) is 0. The average molecular weight is 718 g/mol. The third-order valence-corrected chi connectivity index (χ3v) is 10.6. The summed E-state index contributed by atoms with van der Waals surface area (Å²) in [4.78, 5) is 14.8. The highest BCUT2D eigenvalue weighted by atomic mass is 16.3. The van der Waals surface area contributed by atoms with Crippen molar-refractivity contribution < 1.29 is 8.83 Å². The minimum absolute atomic E-state index is 0.620. The molecule has 8 aromatic carbocycles. The molecule has 0 N–H and O–H groups in total. The second kappa shape index (κ2) is 13.0. The predicted octanol–water partition coefficient (Wildman–Crippen LogP) is 13.7. The molecule has 0 bridgehead atoms. The average Bonchev–Trinajstić information content (AvgIpc) is 3.85.